The smallest absolute Gasteiger partial charge is 0.260 e. The lowest BCUT2D eigenvalue weighted by molar-refractivity contribution is 0.132. The molecule has 0 spiro atoms. The third-order valence-corrected chi connectivity index (χ3v) is 3.15. The van der Waals surface area contributed by atoms with E-state index in [4.69, 9.17) is 4.74 Å². The van der Waals surface area contributed by atoms with Crippen molar-refractivity contribution >= 4 is 21.7 Å². The molecule has 0 bridgehead atoms. The Morgan fingerprint density at radius 2 is 1.56 bits per heavy atom. The fourth-order valence-electron chi connectivity index (χ4n) is 2.35. The topological polar surface area (TPSA) is 31.2 Å². The van der Waals surface area contributed by atoms with E-state index in [1.165, 1.54) is 0 Å². The van der Waals surface area contributed by atoms with Crippen molar-refractivity contribution in [1.29, 1.82) is 0 Å². The van der Waals surface area contributed by atoms with Crippen molar-refractivity contribution in [2.24, 2.45) is 0 Å². The molecule has 1 heterocycles. The predicted octanol–water partition coefficient (Wildman–Crippen LogP) is 2.76. The molecule has 18 heavy (non-hydrogen) atoms. The zero-order valence-electron chi connectivity index (χ0n) is 10.1. The van der Waals surface area contributed by atoms with Gasteiger partial charge in [0.2, 0.25) is 0 Å². The summed E-state index contributed by atoms with van der Waals surface area (Å²) in [6.07, 6.45) is 0. The van der Waals surface area contributed by atoms with E-state index in [0.717, 1.165) is 21.7 Å². The van der Waals surface area contributed by atoms with Gasteiger partial charge in [0.05, 0.1) is 5.52 Å². The molecule has 2 aromatic carbocycles. The molecular formula is C15H13NO2. The number of aromatic nitrogens is 1. The Bertz CT molecular complexity index is 774. The Kier molecular flexibility index (Phi) is 2.61. The zero-order valence-corrected chi connectivity index (χ0v) is 10.1. The van der Waals surface area contributed by atoms with Crippen LogP contribution in [0, 0.1) is 0 Å². The second-order valence-electron chi connectivity index (χ2n) is 4.21. The lowest BCUT2D eigenvalue weighted by Gasteiger charge is -2.11. The van der Waals surface area contributed by atoms with E-state index in [-0.39, 0.29) is 12.3 Å². The van der Waals surface area contributed by atoms with Crippen molar-refractivity contribution in [3.8, 4) is 0 Å². The summed E-state index contributed by atoms with van der Waals surface area (Å²) in [5.74, 6) is 0. The zero-order chi connectivity index (χ0) is 12.5. The molecule has 0 fully saturated rings. The second-order valence-corrected chi connectivity index (χ2v) is 4.21. The first kappa shape index (κ1) is 11.0. The van der Waals surface area contributed by atoms with Crippen LogP contribution >= 0.6 is 0 Å². The molecule has 3 rings (SSSR count). The molecule has 0 radical (unpaired) electrons. The highest BCUT2D eigenvalue weighted by atomic mass is 16.5. The summed E-state index contributed by atoms with van der Waals surface area (Å²) in [4.78, 5) is 12.4. The number of fused-ring (bicyclic) bond motifs is 3. The Morgan fingerprint density at radius 1 is 0.944 bits per heavy atom. The lowest BCUT2D eigenvalue weighted by Crippen LogP contribution is -2.21. The molecule has 0 atom stereocenters. The number of nitrogens with zero attached hydrogens (tertiary/aromatic N) is 1. The summed E-state index contributed by atoms with van der Waals surface area (Å²) < 4.78 is 6.79. The molecule has 90 valence electrons. The van der Waals surface area contributed by atoms with Crippen molar-refractivity contribution in [3.05, 3.63) is 58.9 Å². The first-order valence-corrected chi connectivity index (χ1v) is 5.82. The van der Waals surface area contributed by atoms with Gasteiger partial charge in [0, 0.05) is 17.9 Å². The van der Waals surface area contributed by atoms with Gasteiger partial charge < -0.3 is 4.74 Å². The number of para-hydroxylation sites is 1. The van der Waals surface area contributed by atoms with E-state index in [1.54, 1.807) is 11.7 Å². The van der Waals surface area contributed by atoms with Gasteiger partial charge in [-0.1, -0.05) is 36.4 Å². The molecule has 0 aliphatic carbocycles. The summed E-state index contributed by atoms with van der Waals surface area (Å²) in [5.41, 5.74) is 0.897. The highest BCUT2D eigenvalue weighted by Crippen LogP contribution is 2.22. The van der Waals surface area contributed by atoms with Crippen LogP contribution in [0.25, 0.3) is 21.7 Å². The van der Waals surface area contributed by atoms with Crippen LogP contribution in [0.4, 0.5) is 0 Å². The first-order chi connectivity index (χ1) is 8.83. The normalized spacial score (nSPS) is 11.2. The summed E-state index contributed by atoms with van der Waals surface area (Å²) in [7, 11) is 1.59. The van der Waals surface area contributed by atoms with Gasteiger partial charge in [-0.2, -0.15) is 0 Å². The number of benzene rings is 2. The molecule has 0 N–H and O–H groups in total. The molecule has 3 heteroatoms. The molecule has 0 unspecified atom stereocenters. The number of methoxy groups -OCH3 is 1. The number of ether oxygens (including phenoxy) is 1. The Morgan fingerprint density at radius 3 is 2.28 bits per heavy atom. The molecule has 0 aliphatic rings. The maximum atomic E-state index is 12.4. The minimum absolute atomic E-state index is 0.00819. The van der Waals surface area contributed by atoms with Crippen LogP contribution in [-0.4, -0.2) is 11.7 Å². The monoisotopic (exact) mass is 239 g/mol. The number of hydrogen-bond donors (Lipinski definition) is 0. The Hall–Kier alpha value is -2.13. The van der Waals surface area contributed by atoms with Gasteiger partial charge in [-0.05, 0) is 17.5 Å². The van der Waals surface area contributed by atoms with Gasteiger partial charge in [-0.3, -0.25) is 9.36 Å². The third-order valence-electron chi connectivity index (χ3n) is 3.15. The second kappa shape index (κ2) is 4.27. The van der Waals surface area contributed by atoms with Crippen LogP contribution in [0.3, 0.4) is 0 Å². The molecule has 0 amide bonds. The maximum absolute atomic E-state index is 12.4. The first-order valence-electron chi connectivity index (χ1n) is 5.82. The maximum Gasteiger partial charge on any atom is 0.260 e. The fourth-order valence-corrected chi connectivity index (χ4v) is 2.35. The van der Waals surface area contributed by atoms with Crippen molar-refractivity contribution < 1.29 is 4.74 Å². The van der Waals surface area contributed by atoms with E-state index >= 15 is 0 Å². The van der Waals surface area contributed by atoms with Crippen molar-refractivity contribution in [2.45, 2.75) is 6.73 Å². The molecule has 3 nitrogen and oxygen atoms in total. The average molecular weight is 239 g/mol. The average Bonchev–Trinajstić information content (AvgIpc) is 2.43. The molecule has 1 aromatic heterocycles. The van der Waals surface area contributed by atoms with E-state index in [9.17, 15) is 4.79 Å². The molecule has 0 saturated carbocycles. The number of pyridine rings is 1. The van der Waals surface area contributed by atoms with E-state index in [1.807, 2.05) is 48.5 Å². The Balaban J connectivity index is 2.58. The molecule has 3 aromatic rings. The standard InChI is InChI=1S/C15H13NO2/c1-18-10-16-14-9-5-4-7-12(14)11-6-2-3-8-13(11)15(16)17/h2-9H,10H2,1H3. The van der Waals surface area contributed by atoms with Crippen LogP contribution in [0.5, 0.6) is 0 Å². The van der Waals surface area contributed by atoms with Crippen LogP contribution in [0.15, 0.2) is 53.3 Å². The quantitative estimate of drug-likeness (QED) is 0.644. The fraction of sp³-hybridized carbons (Fsp3) is 0.133. The third kappa shape index (κ3) is 1.52. The predicted molar refractivity (Wildman–Crippen MR) is 72.7 cm³/mol. The SMILES string of the molecule is COCn1c(=O)c2ccccc2c2ccccc21. The summed E-state index contributed by atoms with van der Waals surface area (Å²) in [6, 6.07) is 15.6. The van der Waals surface area contributed by atoms with Gasteiger partial charge in [0.25, 0.3) is 5.56 Å². The van der Waals surface area contributed by atoms with E-state index in [2.05, 4.69) is 0 Å². The van der Waals surface area contributed by atoms with Crippen molar-refractivity contribution in [1.82, 2.24) is 4.57 Å². The minimum atomic E-state index is -0.00819. The van der Waals surface area contributed by atoms with Gasteiger partial charge >= 0.3 is 0 Å². The van der Waals surface area contributed by atoms with Crippen molar-refractivity contribution in [3.63, 3.8) is 0 Å². The molecular weight excluding hydrogens is 226 g/mol. The lowest BCUT2D eigenvalue weighted by atomic mass is 10.1. The summed E-state index contributed by atoms with van der Waals surface area (Å²) in [5, 5.41) is 2.79. The summed E-state index contributed by atoms with van der Waals surface area (Å²) in [6.45, 7) is 0.268. The largest absolute Gasteiger partial charge is 0.364 e. The van der Waals surface area contributed by atoms with E-state index < -0.39 is 0 Å². The van der Waals surface area contributed by atoms with Gasteiger partial charge in [0.15, 0.2) is 0 Å². The number of rotatable bonds is 2. The van der Waals surface area contributed by atoms with Gasteiger partial charge in [-0.15, -0.1) is 0 Å². The highest BCUT2D eigenvalue weighted by molar-refractivity contribution is 6.05. The minimum Gasteiger partial charge on any atom is -0.364 e. The van der Waals surface area contributed by atoms with Crippen LogP contribution in [-0.2, 0) is 11.5 Å². The molecule has 0 saturated heterocycles. The highest BCUT2D eigenvalue weighted by Gasteiger charge is 2.08. The van der Waals surface area contributed by atoms with Crippen LogP contribution in [0.1, 0.15) is 0 Å². The van der Waals surface area contributed by atoms with Crippen molar-refractivity contribution in [2.75, 3.05) is 7.11 Å². The number of hydrogen-bond acceptors (Lipinski definition) is 2. The summed E-state index contributed by atoms with van der Waals surface area (Å²) >= 11 is 0. The van der Waals surface area contributed by atoms with Crippen LogP contribution in [0.2, 0.25) is 0 Å². The molecule has 0 aliphatic heterocycles. The Labute approximate surface area is 104 Å². The van der Waals surface area contributed by atoms with Gasteiger partial charge in [0.1, 0.15) is 6.73 Å². The van der Waals surface area contributed by atoms with Gasteiger partial charge in [-0.25, -0.2) is 0 Å². The van der Waals surface area contributed by atoms with Crippen LogP contribution < -0.4 is 5.56 Å². The van der Waals surface area contributed by atoms with E-state index in [0.29, 0.717) is 0 Å².